The largest absolute Gasteiger partial charge is 0.389 e. The van der Waals surface area contributed by atoms with Gasteiger partial charge in [-0.25, -0.2) is 18.5 Å². The van der Waals surface area contributed by atoms with Crippen LogP contribution in [0.2, 0.25) is 0 Å². The maximum absolute atomic E-state index is 11.3. The van der Waals surface area contributed by atoms with Crippen molar-refractivity contribution < 1.29 is 8.42 Å². The van der Waals surface area contributed by atoms with Crippen molar-refractivity contribution in [2.24, 2.45) is 10.9 Å². The first-order valence-electron chi connectivity index (χ1n) is 5.52. The van der Waals surface area contributed by atoms with E-state index >= 15 is 0 Å². The summed E-state index contributed by atoms with van der Waals surface area (Å²) in [7, 11) is -3.75. The van der Waals surface area contributed by atoms with E-state index in [0.29, 0.717) is 17.1 Å². The van der Waals surface area contributed by atoms with Gasteiger partial charge in [-0.1, -0.05) is 18.3 Å². The molecule has 0 atom stereocenters. The smallest absolute Gasteiger partial charge is 0.238 e. The number of rotatable bonds is 4. The molecule has 2 rings (SSSR count). The number of anilines is 2. The molecule has 0 bridgehead atoms. The Morgan fingerprint density at radius 3 is 2.65 bits per heavy atom. The van der Waals surface area contributed by atoms with Crippen LogP contribution in [0.25, 0.3) is 0 Å². The van der Waals surface area contributed by atoms with Crippen LogP contribution in [0.5, 0.6) is 0 Å². The Bertz CT molecular complexity index is 760. The molecule has 1 aromatic carbocycles. The number of primary sulfonamides is 1. The Balaban J connectivity index is 2.39. The molecule has 0 saturated heterocycles. The Morgan fingerprint density at radius 2 is 2.00 bits per heavy atom. The number of aromatic nitrogens is 1. The highest BCUT2D eigenvalue weighted by Crippen LogP contribution is 2.20. The summed E-state index contributed by atoms with van der Waals surface area (Å²) >= 11 is 4.93. The number of pyridine rings is 1. The molecule has 0 fully saturated rings. The van der Waals surface area contributed by atoms with Gasteiger partial charge in [0.2, 0.25) is 10.0 Å². The van der Waals surface area contributed by atoms with E-state index in [1.807, 2.05) is 0 Å². The van der Waals surface area contributed by atoms with Crippen molar-refractivity contribution in [1.82, 2.24) is 4.98 Å². The van der Waals surface area contributed by atoms with Gasteiger partial charge in [0.15, 0.2) is 0 Å². The molecule has 6 nitrogen and oxygen atoms in total. The summed E-state index contributed by atoms with van der Waals surface area (Å²) in [6, 6.07) is 9.51. The lowest BCUT2D eigenvalue weighted by Gasteiger charge is -2.10. The third kappa shape index (κ3) is 3.29. The lowest BCUT2D eigenvalue weighted by molar-refractivity contribution is 0.598. The van der Waals surface area contributed by atoms with Gasteiger partial charge in [-0.2, -0.15) is 0 Å². The number of sulfonamides is 1. The second-order valence-corrected chi connectivity index (χ2v) is 5.96. The minimum Gasteiger partial charge on any atom is -0.389 e. The molecule has 20 heavy (non-hydrogen) atoms. The van der Waals surface area contributed by atoms with Gasteiger partial charge in [0.1, 0.15) is 10.8 Å². The normalized spacial score (nSPS) is 11.1. The molecule has 0 aliphatic carbocycles. The van der Waals surface area contributed by atoms with E-state index in [-0.39, 0.29) is 9.88 Å². The average Bonchev–Trinajstić information content (AvgIpc) is 2.38. The molecule has 5 N–H and O–H groups in total. The number of nitrogens with zero attached hydrogens (tertiary/aromatic N) is 1. The van der Waals surface area contributed by atoms with Crippen LogP contribution in [0.1, 0.15) is 5.56 Å². The summed E-state index contributed by atoms with van der Waals surface area (Å²) in [6.07, 6.45) is 1.58. The molecule has 1 heterocycles. The Kier molecular flexibility index (Phi) is 3.98. The van der Waals surface area contributed by atoms with Crippen LogP contribution in [0.3, 0.4) is 0 Å². The van der Waals surface area contributed by atoms with E-state index in [9.17, 15) is 8.42 Å². The number of nitrogens with two attached hydrogens (primary N) is 2. The third-order valence-corrected chi connectivity index (χ3v) is 3.63. The van der Waals surface area contributed by atoms with Crippen LogP contribution >= 0.6 is 12.2 Å². The van der Waals surface area contributed by atoms with E-state index in [4.69, 9.17) is 23.1 Å². The molecule has 104 valence electrons. The SMILES string of the molecule is NC(=S)c1cccnc1Nc1cccc(S(N)(=O)=O)c1. The molecule has 2 aromatic rings. The molecule has 0 spiro atoms. The molecule has 1 aromatic heterocycles. The van der Waals surface area contributed by atoms with Gasteiger partial charge >= 0.3 is 0 Å². The minimum atomic E-state index is -3.75. The van der Waals surface area contributed by atoms with Crippen LogP contribution in [0.15, 0.2) is 47.5 Å². The fourth-order valence-electron chi connectivity index (χ4n) is 1.59. The van der Waals surface area contributed by atoms with Gasteiger partial charge < -0.3 is 11.1 Å². The van der Waals surface area contributed by atoms with Gasteiger partial charge in [-0.05, 0) is 30.3 Å². The monoisotopic (exact) mass is 308 g/mol. The quantitative estimate of drug-likeness (QED) is 0.730. The highest BCUT2D eigenvalue weighted by atomic mass is 32.2. The molecule has 0 unspecified atom stereocenters. The van der Waals surface area contributed by atoms with Gasteiger partial charge in [-0.15, -0.1) is 0 Å². The fourth-order valence-corrected chi connectivity index (χ4v) is 2.32. The summed E-state index contributed by atoms with van der Waals surface area (Å²) in [4.78, 5) is 4.33. The summed E-state index contributed by atoms with van der Waals surface area (Å²) in [5, 5.41) is 8.05. The Hall–Kier alpha value is -2.03. The van der Waals surface area contributed by atoms with Gasteiger partial charge in [0.25, 0.3) is 0 Å². The predicted octanol–water partition coefficient (Wildman–Crippen LogP) is 1.11. The van der Waals surface area contributed by atoms with Crippen LogP contribution in [-0.4, -0.2) is 18.4 Å². The Labute approximate surface area is 121 Å². The van der Waals surface area contributed by atoms with Crippen molar-refractivity contribution in [2.75, 3.05) is 5.32 Å². The third-order valence-electron chi connectivity index (χ3n) is 2.50. The molecule has 0 saturated carbocycles. The van der Waals surface area contributed by atoms with Gasteiger partial charge in [-0.3, -0.25) is 0 Å². The molecule has 0 radical (unpaired) electrons. The zero-order valence-corrected chi connectivity index (χ0v) is 11.9. The van der Waals surface area contributed by atoms with E-state index < -0.39 is 10.0 Å². The Morgan fingerprint density at radius 1 is 1.25 bits per heavy atom. The van der Waals surface area contributed by atoms with Crippen molar-refractivity contribution in [3.63, 3.8) is 0 Å². The highest BCUT2D eigenvalue weighted by molar-refractivity contribution is 7.89. The van der Waals surface area contributed by atoms with Crippen LogP contribution in [0, 0.1) is 0 Å². The molecular formula is C12H12N4O2S2. The molecular weight excluding hydrogens is 296 g/mol. The first-order chi connectivity index (χ1) is 9.38. The maximum Gasteiger partial charge on any atom is 0.238 e. The summed E-state index contributed by atoms with van der Waals surface area (Å²) in [5.74, 6) is 0.451. The van der Waals surface area contributed by atoms with E-state index in [1.165, 1.54) is 12.1 Å². The predicted molar refractivity (Wildman–Crippen MR) is 81.2 cm³/mol. The van der Waals surface area contributed by atoms with Crippen molar-refractivity contribution in [2.45, 2.75) is 4.90 Å². The molecule has 8 heteroatoms. The number of nitrogens with one attached hydrogen (secondary N) is 1. The maximum atomic E-state index is 11.3. The molecule has 0 aliphatic rings. The number of benzene rings is 1. The zero-order chi connectivity index (χ0) is 14.8. The van der Waals surface area contributed by atoms with Crippen molar-refractivity contribution in [3.8, 4) is 0 Å². The summed E-state index contributed by atoms with van der Waals surface area (Å²) in [5.41, 5.74) is 6.70. The summed E-state index contributed by atoms with van der Waals surface area (Å²) < 4.78 is 22.6. The number of hydrogen-bond acceptors (Lipinski definition) is 5. The first-order valence-corrected chi connectivity index (χ1v) is 7.48. The van der Waals surface area contributed by atoms with Crippen molar-refractivity contribution in [1.29, 1.82) is 0 Å². The first kappa shape index (κ1) is 14.4. The van der Waals surface area contributed by atoms with Crippen LogP contribution < -0.4 is 16.2 Å². The van der Waals surface area contributed by atoms with Crippen LogP contribution in [-0.2, 0) is 10.0 Å². The van der Waals surface area contributed by atoms with Gasteiger partial charge in [0, 0.05) is 11.9 Å². The van der Waals surface area contributed by atoms with E-state index in [1.54, 1.807) is 30.5 Å². The van der Waals surface area contributed by atoms with E-state index in [2.05, 4.69) is 10.3 Å². The van der Waals surface area contributed by atoms with Crippen molar-refractivity contribution in [3.05, 3.63) is 48.2 Å². The lowest BCUT2D eigenvalue weighted by atomic mass is 10.2. The number of thiocarbonyl (C=S) groups is 1. The highest BCUT2D eigenvalue weighted by Gasteiger charge is 2.10. The molecule has 0 aliphatic heterocycles. The second kappa shape index (κ2) is 5.53. The summed E-state index contributed by atoms with van der Waals surface area (Å²) in [6.45, 7) is 0. The van der Waals surface area contributed by atoms with Gasteiger partial charge in [0.05, 0.1) is 10.5 Å². The number of hydrogen-bond donors (Lipinski definition) is 3. The van der Waals surface area contributed by atoms with Crippen LogP contribution in [0.4, 0.5) is 11.5 Å². The standard InChI is InChI=1S/C12H12N4O2S2/c13-11(19)10-5-2-6-15-12(10)16-8-3-1-4-9(7-8)20(14,17)18/h1-7H,(H2,13,19)(H,15,16)(H2,14,17,18). The second-order valence-electron chi connectivity index (χ2n) is 3.96. The molecule has 0 amide bonds. The lowest BCUT2D eigenvalue weighted by Crippen LogP contribution is -2.14. The zero-order valence-electron chi connectivity index (χ0n) is 10.3. The topological polar surface area (TPSA) is 111 Å². The van der Waals surface area contributed by atoms with E-state index in [0.717, 1.165) is 0 Å². The van der Waals surface area contributed by atoms with Crippen molar-refractivity contribution >= 4 is 38.7 Å². The minimum absolute atomic E-state index is 0.00954. The average molecular weight is 308 g/mol. The fraction of sp³-hybridized carbons (Fsp3) is 0.